The van der Waals surface area contributed by atoms with Crippen molar-refractivity contribution in [1.82, 2.24) is 9.21 Å². The van der Waals surface area contributed by atoms with Crippen LogP contribution in [-0.4, -0.2) is 49.7 Å². The Morgan fingerprint density at radius 1 is 1.00 bits per heavy atom. The highest BCUT2D eigenvalue weighted by Gasteiger charge is 2.30. The minimum Gasteiger partial charge on any atom is -0.337 e. The van der Waals surface area contributed by atoms with Crippen molar-refractivity contribution < 1.29 is 17.6 Å². The zero-order valence-corrected chi connectivity index (χ0v) is 16.6. The summed E-state index contributed by atoms with van der Waals surface area (Å²) >= 11 is 12.0. The number of amides is 1. The molecule has 2 aromatic carbocycles. The van der Waals surface area contributed by atoms with Gasteiger partial charge in [-0.1, -0.05) is 35.3 Å². The summed E-state index contributed by atoms with van der Waals surface area (Å²) in [5, 5.41) is 0.354. The van der Waals surface area contributed by atoms with E-state index in [-0.39, 0.29) is 40.1 Å². The molecular formula is C18H17Cl2FN2O3S. The molecule has 27 heavy (non-hydrogen) atoms. The second kappa shape index (κ2) is 8.14. The molecular weight excluding hydrogens is 414 g/mol. The van der Waals surface area contributed by atoms with Crippen LogP contribution in [0.15, 0.2) is 47.4 Å². The van der Waals surface area contributed by atoms with Gasteiger partial charge in [0.15, 0.2) is 0 Å². The van der Waals surface area contributed by atoms with Crippen molar-refractivity contribution in [2.75, 3.05) is 26.2 Å². The highest BCUT2D eigenvalue weighted by Crippen LogP contribution is 2.28. The lowest BCUT2D eigenvalue weighted by molar-refractivity contribution is 0.0759. The lowest BCUT2D eigenvalue weighted by Gasteiger charge is -2.22. The zero-order chi connectivity index (χ0) is 19.6. The Hall–Kier alpha value is -1.67. The van der Waals surface area contributed by atoms with E-state index >= 15 is 0 Å². The third kappa shape index (κ3) is 4.27. The summed E-state index contributed by atoms with van der Waals surface area (Å²) in [5.41, 5.74) is -0.0216. The third-order valence-corrected chi connectivity index (χ3v) is 6.97. The fourth-order valence-electron chi connectivity index (χ4n) is 2.96. The molecule has 0 radical (unpaired) electrons. The van der Waals surface area contributed by atoms with Crippen LogP contribution in [0, 0.1) is 5.82 Å². The molecule has 1 aliphatic heterocycles. The SMILES string of the molecule is O=C(c1ccccc1F)N1CCCN(S(=O)(=O)c2cc(Cl)ccc2Cl)CC1. The molecule has 0 aromatic heterocycles. The minimum absolute atomic E-state index is 0.0216. The van der Waals surface area contributed by atoms with Crippen LogP contribution in [0.3, 0.4) is 0 Å². The first kappa shape index (κ1) is 20.1. The first-order valence-electron chi connectivity index (χ1n) is 8.30. The maximum Gasteiger partial charge on any atom is 0.256 e. The summed E-state index contributed by atoms with van der Waals surface area (Å²) < 4.78 is 41.0. The van der Waals surface area contributed by atoms with Gasteiger partial charge in [-0.25, -0.2) is 12.8 Å². The molecule has 1 amide bonds. The largest absolute Gasteiger partial charge is 0.337 e. The Morgan fingerprint density at radius 3 is 2.48 bits per heavy atom. The van der Waals surface area contributed by atoms with Gasteiger partial charge in [0.1, 0.15) is 10.7 Å². The zero-order valence-electron chi connectivity index (χ0n) is 14.2. The van der Waals surface area contributed by atoms with Crippen LogP contribution in [0.5, 0.6) is 0 Å². The topological polar surface area (TPSA) is 57.7 Å². The predicted octanol–water partition coefficient (Wildman–Crippen LogP) is 3.67. The van der Waals surface area contributed by atoms with Gasteiger partial charge in [0.2, 0.25) is 10.0 Å². The molecule has 2 aromatic rings. The maximum absolute atomic E-state index is 13.9. The Bertz CT molecular complexity index is 969. The van der Waals surface area contributed by atoms with Crippen molar-refractivity contribution in [1.29, 1.82) is 0 Å². The molecule has 0 bridgehead atoms. The van der Waals surface area contributed by atoms with Gasteiger partial charge >= 0.3 is 0 Å². The van der Waals surface area contributed by atoms with Crippen molar-refractivity contribution >= 4 is 39.1 Å². The fraction of sp³-hybridized carbons (Fsp3) is 0.278. The number of sulfonamides is 1. The van der Waals surface area contributed by atoms with Gasteiger partial charge in [0, 0.05) is 31.2 Å². The summed E-state index contributed by atoms with van der Waals surface area (Å²) in [7, 11) is -3.86. The average Bonchev–Trinajstić information content (AvgIpc) is 2.90. The third-order valence-electron chi connectivity index (χ3n) is 4.36. The summed E-state index contributed by atoms with van der Waals surface area (Å²) in [6, 6.07) is 10.0. The quantitative estimate of drug-likeness (QED) is 0.746. The van der Waals surface area contributed by atoms with Gasteiger partial charge in [-0.3, -0.25) is 4.79 Å². The summed E-state index contributed by atoms with van der Waals surface area (Å²) in [5.74, 6) is -1.05. The summed E-state index contributed by atoms with van der Waals surface area (Å²) in [6.07, 6.45) is 0.428. The van der Waals surface area contributed by atoms with E-state index in [2.05, 4.69) is 0 Å². The van der Waals surface area contributed by atoms with Crippen molar-refractivity contribution in [2.45, 2.75) is 11.3 Å². The van der Waals surface area contributed by atoms with Crippen LogP contribution >= 0.6 is 23.2 Å². The number of rotatable bonds is 3. The first-order chi connectivity index (χ1) is 12.8. The van der Waals surface area contributed by atoms with Gasteiger partial charge in [-0.2, -0.15) is 4.31 Å². The van der Waals surface area contributed by atoms with Crippen LogP contribution in [0.4, 0.5) is 4.39 Å². The molecule has 0 unspecified atom stereocenters. The van der Waals surface area contributed by atoms with Crippen LogP contribution in [-0.2, 0) is 10.0 Å². The monoisotopic (exact) mass is 430 g/mol. The van der Waals surface area contributed by atoms with Crippen molar-refractivity contribution in [2.24, 2.45) is 0 Å². The summed E-state index contributed by atoms with van der Waals surface area (Å²) in [6.45, 7) is 0.810. The molecule has 1 heterocycles. The highest BCUT2D eigenvalue weighted by molar-refractivity contribution is 7.89. The van der Waals surface area contributed by atoms with Gasteiger partial charge in [0.05, 0.1) is 10.6 Å². The van der Waals surface area contributed by atoms with Crippen LogP contribution < -0.4 is 0 Å². The molecule has 0 atom stereocenters. The minimum atomic E-state index is -3.86. The second-order valence-corrected chi connectivity index (χ2v) is 8.85. The van der Waals surface area contributed by atoms with Crippen LogP contribution in [0.2, 0.25) is 10.0 Å². The molecule has 0 spiro atoms. The number of benzene rings is 2. The first-order valence-corrected chi connectivity index (χ1v) is 10.5. The molecule has 0 aliphatic carbocycles. The van der Waals surface area contributed by atoms with Crippen molar-refractivity contribution in [3.05, 3.63) is 63.9 Å². The Morgan fingerprint density at radius 2 is 1.74 bits per heavy atom. The molecule has 9 heteroatoms. The molecule has 5 nitrogen and oxygen atoms in total. The molecule has 1 aliphatic rings. The molecule has 144 valence electrons. The number of carbonyl (C=O) groups is 1. The molecule has 3 rings (SSSR count). The van der Waals surface area contributed by atoms with Crippen LogP contribution in [0.25, 0.3) is 0 Å². The van der Waals surface area contributed by atoms with E-state index in [0.717, 1.165) is 0 Å². The number of nitrogens with zero attached hydrogens (tertiary/aromatic N) is 2. The number of hydrogen-bond donors (Lipinski definition) is 0. The maximum atomic E-state index is 13.9. The fourth-order valence-corrected chi connectivity index (χ4v) is 5.16. The highest BCUT2D eigenvalue weighted by atomic mass is 35.5. The van der Waals surface area contributed by atoms with Gasteiger partial charge in [0.25, 0.3) is 5.91 Å². The Labute approximate surface area is 167 Å². The number of carbonyl (C=O) groups excluding carboxylic acids is 1. The lowest BCUT2D eigenvalue weighted by atomic mass is 10.2. The number of halogens is 3. The lowest BCUT2D eigenvalue weighted by Crippen LogP contribution is -2.37. The van der Waals surface area contributed by atoms with E-state index in [1.807, 2.05) is 0 Å². The van der Waals surface area contributed by atoms with E-state index in [1.54, 1.807) is 6.07 Å². The van der Waals surface area contributed by atoms with Gasteiger partial charge in [-0.05, 0) is 36.8 Å². The molecule has 1 saturated heterocycles. The van der Waals surface area contributed by atoms with E-state index in [1.165, 1.54) is 45.6 Å². The Balaban J connectivity index is 1.79. The second-order valence-electron chi connectivity index (χ2n) is 6.10. The average molecular weight is 431 g/mol. The Kier molecular flexibility index (Phi) is 6.05. The van der Waals surface area contributed by atoms with E-state index < -0.39 is 21.7 Å². The number of hydrogen-bond acceptors (Lipinski definition) is 3. The smallest absolute Gasteiger partial charge is 0.256 e. The molecule has 0 saturated carbocycles. The normalized spacial score (nSPS) is 16.2. The van der Waals surface area contributed by atoms with E-state index in [9.17, 15) is 17.6 Å². The predicted molar refractivity (Wildman–Crippen MR) is 102 cm³/mol. The van der Waals surface area contributed by atoms with Crippen molar-refractivity contribution in [3.8, 4) is 0 Å². The molecule has 1 fully saturated rings. The molecule has 0 N–H and O–H groups in total. The standard InChI is InChI=1S/C18H17Cl2FN2O3S/c19-13-6-7-15(20)17(12-13)27(25,26)23-9-3-8-22(10-11-23)18(24)14-4-1-2-5-16(14)21/h1-2,4-7,12H,3,8-11H2. The van der Waals surface area contributed by atoms with Crippen LogP contribution in [0.1, 0.15) is 16.8 Å². The van der Waals surface area contributed by atoms with Crippen molar-refractivity contribution in [3.63, 3.8) is 0 Å². The van der Waals surface area contributed by atoms with E-state index in [0.29, 0.717) is 13.0 Å². The summed E-state index contributed by atoms with van der Waals surface area (Å²) in [4.78, 5) is 14.0. The van der Waals surface area contributed by atoms with Gasteiger partial charge < -0.3 is 4.90 Å². The van der Waals surface area contributed by atoms with Gasteiger partial charge in [-0.15, -0.1) is 0 Å². The van der Waals surface area contributed by atoms with E-state index in [4.69, 9.17) is 23.2 Å².